The molecule has 0 N–H and O–H groups in total. The van der Waals surface area contributed by atoms with Crippen LogP contribution in [0.1, 0.15) is 30.9 Å². The Labute approximate surface area is 136 Å². The number of halogens is 2. The second-order valence-corrected chi connectivity index (χ2v) is 6.74. The van der Waals surface area contributed by atoms with Gasteiger partial charge in [0, 0.05) is 26.1 Å². The van der Waals surface area contributed by atoms with Crippen LogP contribution >= 0.6 is 0 Å². The van der Waals surface area contributed by atoms with Crippen LogP contribution in [0, 0.1) is 6.92 Å². The molecule has 1 aliphatic carbocycles. The number of likely N-dealkylation sites (N-methyl/N-ethyl adjacent to an activating group) is 1. The van der Waals surface area contributed by atoms with Crippen LogP contribution in [0.3, 0.4) is 0 Å². The predicted octanol–water partition coefficient (Wildman–Crippen LogP) is 2.83. The normalized spacial score (nSPS) is 27.6. The van der Waals surface area contributed by atoms with Gasteiger partial charge in [0.15, 0.2) is 0 Å². The number of aryl methyl sites for hydroxylation is 1. The van der Waals surface area contributed by atoms with E-state index in [0.29, 0.717) is 18.7 Å². The molecule has 1 atom stereocenters. The minimum absolute atomic E-state index is 0.365. The first-order valence-corrected chi connectivity index (χ1v) is 8.37. The highest BCUT2D eigenvalue weighted by molar-refractivity contribution is 5.93. The van der Waals surface area contributed by atoms with Gasteiger partial charge in [0.2, 0.25) is 5.91 Å². The lowest BCUT2D eigenvalue weighted by Gasteiger charge is -2.27. The SMILES string of the molecule is CCN1CCCN(C(=O)C2(c3cccc(C)c3)CC2(F)F)CC1. The van der Waals surface area contributed by atoms with E-state index in [1.54, 1.807) is 23.1 Å². The maximum atomic E-state index is 14.3. The first kappa shape index (κ1) is 16.4. The molecule has 0 spiro atoms. The first-order valence-electron chi connectivity index (χ1n) is 8.37. The fraction of sp³-hybridized carbons (Fsp3) is 0.611. The molecular weight excluding hydrogens is 298 g/mol. The monoisotopic (exact) mass is 322 g/mol. The summed E-state index contributed by atoms with van der Waals surface area (Å²) in [4.78, 5) is 16.9. The van der Waals surface area contributed by atoms with Crippen molar-refractivity contribution in [1.82, 2.24) is 9.80 Å². The van der Waals surface area contributed by atoms with Gasteiger partial charge in [0.25, 0.3) is 5.92 Å². The maximum absolute atomic E-state index is 14.3. The molecule has 1 unspecified atom stereocenters. The van der Waals surface area contributed by atoms with Gasteiger partial charge in [-0.25, -0.2) is 8.78 Å². The van der Waals surface area contributed by atoms with E-state index in [1.165, 1.54) is 0 Å². The summed E-state index contributed by atoms with van der Waals surface area (Å²) in [7, 11) is 0. The zero-order chi connectivity index (χ0) is 16.7. The van der Waals surface area contributed by atoms with Gasteiger partial charge in [-0.3, -0.25) is 4.79 Å². The molecule has 23 heavy (non-hydrogen) atoms. The van der Waals surface area contributed by atoms with Crippen molar-refractivity contribution in [3.8, 4) is 0 Å². The fourth-order valence-electron chi connectivity index (χ4n) is 3.63. The van der Waals surface area contributed by atoms with Crippen molar-refractivity contribution in [2.45, 2.75) is 38.0 Å². The second kappa shape index (κ2) is 5.86. The Hall–Kier alpha value is -1.49. The molecule has 2 aliphatic rings. The number of benzene rings is 1. The Morgan fingerprint density at radius 3 is 2.57 bits per heavy atom. The average Bonchev–Trinajstić information content (AvgIpc) is 3.18. The Morgan fingerprint density at radius 1 is 1.22 bits per heavy atom. The Bertz CT molecular complexity index is 604. The van der Waals surface area contributed by atoms with Crippen LogP contribution in [0.25, 0.3) is 0 Å². The fourth-order valence-corrected chi connectivity index (χ4v) is 3.63. The summed E-state index contributed by atoms with van der Waals surface area (Å²) in [6.07, 6.45) is 0.478. The summed E-state index contributed by atoms with van der Waals surface area (Å²) in [6, 6.07) is 7.03. The number of carbonyl (C=O) groups excluding carboxylic acids is 1. The van der Waals surface area contributed by atoms with Crippen molar-refractivity contribution >= 4 is 5.91 Å². The van der Waals surface area contributed by atoms with E-state index in [-0.39, 0.29) is 6.42 Å². The van der Waals surface area contributed by atoms with Crippen LogP contribution in [0.15, 0.2) is 24.3 Å². The third kappa shape index (κ3) is 2.75. The topological polar surface area (TPSA) is 23.6 Å². The third-order valence-electron chi connectivity index (χ3n) is 5.19. The summed E-state index contributed by atoms with van der Waals surface area (Å²) in [6.45, 7) is 7.68. The van der Waals surface area contributed by atoms with Gasteiger partial charge < -0.3 is 9.80 Å². The summed E-state index contributed by atoms with van der Waals surface area (Å²) in [5, 5.41) is 0. The van der Waals surface area contributed by atoms with Crippen LogP contribution in [0.2, 0.25) is 0 Å². The molecule has 1 saturated heterocycles. The molecule has 1 aromatic rings. The number of carbonyl (C=O) groups is 1. The number of hydrogen-bond donors (Lipinski definition) is 0. The lowest BCUT2D eigenvalue weighted by atomic mass is 9.92. The van der Waals surface area contributed by atoms with E-state index in [9.17, 15) is 13.6 Å². The zero-order valence-electron chi connectivity index (χ0n) is 13.8. The van der Waals surface area contributed by atoms with E-state index >= 15 is 0 Å². The summed E-state index contributed by atoms with van der Waals surface area (Å²) in [5.41, 5.74) is -0.269. The van der Waals surface area contributed by atoms with E-state index in [1.807, 2.05) is 13.0 Å². The van der Waals surface area contributed by atoms with E-state index in [0.717, 1.165) is 31.6 Å². The van der Waals surface area contributed by atoms with Crippen LogP contribution in [-0.2, 0) is 10.2 Å². The zero-order valence-corrected chi connectivity index (χ0v) is 13.8. The first-order chi connectivity index (χ1) is 10.9. The number of rotatable bonds is 3. The maximum Gasteiger partial charge on any atom is 0.268 e. The molecule has 1 amide bonds. The van der Waals surface area contributed by atoms with Crippen molar-refractivity contribution in [3.05, 3.63) is 35.4 Å². The van der Waals surface area contributed by atoms with Gasteiger partial charge >= 0.3 is 0 Å². The number of nitrogens with zero attached hydrogens (tertiary/aromatic N) is 2. The molecule has 3 nitrogen and oxygen atoms in total. The van der Waals surface area contributed by atoms with Crippen molar-refractivity contribution in [3.63, 3.8) is 0 Å². The van der Waals surface area contributed by atoms with E-state index < -0.39 is 17.2 Å². The van der Waals surface area contributed by atoms with Gasteiger partial charge in [0.05, 0.1) is 0 Å². The minimum Gasteiger partial charge on any atom is -0.340 e. The van der Waals surface area contributed by atoms with E-state index in [2.05, 4.69) is 11.8 Å². The van der Waals surface area contributed by atoms with Crippen LogP contribution < -0.4 is 0 Å². The van der Waals surface area contributed by atoms with Crippen LogP contribution in [-0.4, -0.2) is 54.4 Å². The minimum atomic E-state index is -2.94. The van der Waals surface area contributed by atoms with Crippen molar-refractivity contribution in [1.29, 1.82) is 0 Å². The van der Waals surface area contributed by atoms with Crippen molar-refractivity contribution in [2.24, 2.45) is 0 Å². The highest BCUT2D eigenvalue weighted by Crippen LogP contribution is 2.62. The largest absolute Gasteiger partial charge is 0.340 e. The molecular formula is C18H24F2N2O. The summed E-state index contributed by atoms with van der Waals surface area (Å²) < 4.78 is 28.5. The molecule has 0 bridgehead atoms. The lowest BCUT2D eigenvalue weighted by Crippen LogP contribution is -2.44. The molecule has 0 radical (unpaired) electrons. The smallest absolute Gasteiger partial charge is 0.268 e. The highest BCUT2D eigenvalue weighted by Gasteiger charge is 2.77. The van der Waals surface area contributed by atoms with Gasteiger partial charge in [-0.05, 0) is 32.0 Å². The lowest BCUT2D eigenvalue weighted by molar-refractivity contribution is -0.136. The molecule has 3 rings (SSSR count). The molecule has 5 heteroatoms. The molecule has 2 fully saturated rings. The molecule has 1 aliphatic heterocycles. The van der Waals surface area contributed by atoms with Crippen LogP contribution in [0.4, 0.5) is 8.78 Å². The molecule has 1 heterocycles. The Morgan fingerprint density at radius 2 is 1.96 bits per heavy atom. The highest BCUT2D eigenvalue weighted by atomic mass is 19.3. The van der Waals surface area contributed by atoms with Gasteiger partial charge in [-0.15, -0.1) is 0 Å². The standard InChI is InChI=1S/C18H24F2N2O/c1-3-21-8-5-9-22(11-10-21)16(23)17(13-18(17,19)20)15-7-4-6-14(2)12-15/h4,6-7,12H,3,5,8-11,13H2,1-2H3. The van der Waals surface area contributed by atoms with Gasteiger partial charge in [0.1, 0.15) is 5.41 Å². The van der Waals surface area contributed by atoms with E-state index in [4.69, 9.17) is 0 Å². The summed E-state index contributed by atoms with van der Waals surface area (Å²) in [5.74, 6) is -3.33. The number of amides is 1. The molecule has 1 aromatic carbocycles. The van der Waals surface area contributed by atoms with Crippen molar-refractivity contribution < 1.29 is 13.6 Å². The molecule has 0 aromatic heterocycles. The average molecular weight is 322 g/mol. The van der Waals surface area contributed by atoms with Crippen molar-refractivity contribution in [2.75, 3.05) is 32.7 Å². The number of alkyl halides is 2. The Balaban J connectivity index is 1.86. The predicted molar refractivity (Wildman–Crippen MR) is 85.7 cm³/mol. The van der Waals surface area contributed by atoms with Gasteiger partial charge in [-0.1, -0.05) is 36.8 Å². The summed E-state index contributed by atoms with van der Waals surface area (Å²) >= 11 is 0. The quantitative estimate of drug-likeness (QED) is 0.854. The van der Waals surface area contributed by atoms with Crippen LogP contribution in [0.5, 0.6) is 0 Å². The second-order valence-electron chi connectivity index (χ2n) is 6.74. The third-order valence-corrected chi connectivity index (χ3v) is 5.19. The number of hydrogen-bond acceptors (Lipinski definition) is 2. The molecule has 1 saturated carbocycles. The van der Waals surface area contributed by atoms with Gasteiger partial charge in [-0.2, -0.15) is 0 Å². The Kier molecular flexibility index (Phi) is 4.17. The molecule has 126 valence electrons.